The third-order valence-corrected chi connectivity index (χ3v) is 5.33. The van der Waals surface area contributed by atoms with Crippen LogP contribution in [-0.4, -0.2) is 53.6 Å². The van der Waals surface area contributed by atoms with E-state index in [4.69, 9.17) is 22.3 Å². The van der Waals surface area contributed by atoms with Gasteiger partial charge in [-0.3, -0.25) is 8.42 Å². The largest absolute Gasteiger partial charge is 0.759 e. The lowest BCUT2D eigenvalue weighted by atomic mass is 9.98. The summed E-state index contributed by atoms with van der Waals surface area (Å²) in [5, 5.41) is 10.6. The first-order valence-electron chi connectivity index (χ1n) is 10.8. The highest BCUT2D eigenvalue weighted by Crippen LogP contribution is 2.23. The number of benzene rings is 1. The molecular weight excluding hydrogens is 422 g/mol. The van der Waals surface area contributed by atoms with Gasteiger partial charge >= 0.3 is 0 Å². The average Bonchev–Trinajstić information content (AvgIpc) is 2.70. The molecular formula is C22H33NO7S-3. The maximum Gasteiger partial charge on any atom is 0.119 e. The van der Waals surface area contributed by atoms with Crippen molar-refractivity contribution in [1.29, 1.82) is 0 Å². The molecule has 0 amide bonds. The van der Waals surface area contributed by atoms with Crippen molar-refractivity contribution in [2.45, 2.75) is 76.9 Å². The van der Waals surface area contributed by atoms with E-state index in [-0.39, 0.29) is 5.56 Å². The molecule has 1 aromatic carbocycles. The van der Waals surface area contributed by atoms with Gasteiger partial charge < -0.3 is 28.6 Å². The second kappa shape index (κ2) is 14.4. The van der Waals surface area contributed by atoms with Crippen LogP contribution in [0.25, 0.3) is 0 Å². The molecule has 0 aromatic heterocycles. The van der Waals surface area contributed by atoms with Gasteiger partial charge in [-0.15, -0.1) is 0 Å². The van der Waals surface area contributed by atoms with Crippen LogP contribution in [-0.2, 0) is 10.4 Å². The van der Waals surface area contributed by atoms with Crippen LogP contribution in [0.1, 0.15) is 75.1 Å². The Balaban J connectivity index is 0.000000273. The summed E-state index contributed by atoms with van der Waals surface area (Å²) in [6.45, 7) is 8.70. The zero-order valence-electron chi connectivity index (χ0n) is 18.2. The number of piperidine rings is 1. The standard InChI is InChI=1S/C13H16O3.C9H18N.H2O4S/c14-13(15)10-6-8-12(9-7-10)16-11-4-2-1-3-5-11;1-3-7-10-8-5-4-6-9(10)2;1-5(2,3)4/h6-9,11H,1-5H2,(H,14,15);9H,1,3-8H2,2H3;(H2,1,2,3,4)/p-3. The predicted molar refractivity (Wildman–Crippen MR) is 114 cm³/mol. The summed E-state index contributed by atoms with van der Waals surface area (Å²) in [6, 6.07) is 7.25. The second-order valence-corrected chi connectivity index (χ2v) is 8.65. The Labute approximate surface area is 186 Å². The number of carbonyl (C=O) groups is 1. The normalized spacial score (nSPS) is 19.9. The SMILES string of the molecule is O=C([O-])c1ccc(OC2CCCCC2)cc1.O=S(=O)([O-])[O-].[CH2]CCN1CCCCC1C. The van der Waals surface area contributed by atoms with Gasteiger partial charge in [-0.2, -0.15) is 0 Å². The van der Waals surface area contributed by atoms with Crippen LogP contribution < -0.4 is 9.84 Å². The summed E-state index contributed by atoms with van der Waals surface area (Å²) in [5.41, 5.74) is 0.191. The number of hydrogen-bond donors (Lipinski definition) is 0. The van der Waals surface area contributed by atoms with Gasteiger partial charge in [0.25, 0.3) is 0 Å². The summed E-state index contributed by atoms with van der Waals surface area (Å²) in [6.07, 6.45) is 11.5. The number of carbonyl (C=O) groups excluding carboxylic acids is 1. The van der Waals surface area contributed by atoms with Crippen molar-refractivity contribution in [2.24, 2.45) is 0 Å². The van der Waals surface area contributed by atoms with E-state index in [9.17, 15) is 9.90 Å². The van der Waals surface area contributed by atoms with Crippen LogP contribution in [0.5, 0.6) is 5.75 Å². The van der Waals surface area contributed by atoms with Crippen LogP contribution in [0.2, 0.25) is 0 Å². The molecule has 0 N–H and O–H groups in total. The highest BCUT2D eigenvalue weighted by atomic mass is 32.3. The highest BCUT2D eigenvalue weighted by molar-refractivity contribution is 7.79. The topological polar surface area (TPSA) is 133 Å². The van der Waals surface area contributed by atoms with Crippen LogP contribution >= 0.6 is 0 Å². The fourth-order valence-corrected chi connectivity index (χ4v) is 3.74. The first kappa shape index (κ1) is 27.4. The molecule has 1 saturated carbocycles. The number of nitrogens with zero attached hydrogens (tertiary/aromatic N) is 1. The number of hydrogen-bond acceptors (Lipinski definition) is 8. The first-order chi connectivity index (χ1) is 14.6. The molecule has 1 heterocycles. The molecule has 31 heavy (non-hydrogen) atoms. The summed E-state index contributed by atoms with van der Waals surface area (Å²) in [7, 11) is -5.17. The molecule has 1 atom stereocenters. The molecule has 1 aromatic rings. The molecule has 3 rings (SSSR count). The minimum atomic E-state index is -5.17. The molecule has 177 valence electrons. The molecule has 1 saturated heterocycles. The van der Waals surface area contributed by atoms with Gasteiger partial charge in [-0.25, -0.2) is 0 Å². The summed E-state index contributed by atoms with van der Waals surface area (Å²) >= 11 is 0. The number of aromatic carboxylic acids is 1. The van der Waals surface area contributed by atoms with Gasteiger partial charge in [0, 0.05) is 16.4 Å². The molecule has 1 aliphatic heterocycles. The summed E-state index contributed by atoms with van der Waals surface area (Å²) in [4.78, 5) is 13.1. The minimum absolute atomic E-state index is 0.191. The highest BCUT2D eigenvalue weighted by Gasteiger charge is 2.16. The third-order valence-electron chi connectivity index (χ3n) is 5.33. The number of carboxylic acids is 1. The van der Waals surface area contributed by atoms with Crippen molar-refractivity contribution in [2.75, 3.05) is 13.1 Å². The van der Waals surface area contributed by atoms with Crippen molar-refractivity contribution < 1.29 is 32.2 Å². The lowest BCUT2D eigenvalue weighted by molar-refractivity contribution is -0.255. The fourth-order valence-electron chi connectivity index (χ4n) is 3.74. The van der Waals surface area contributed by atoms with E-state index < -0.39 is 16.4 Å². The van der Waals surface area contributed by atoms with Gasteiger partial charge in [0.05, 0.1) is 12.1 Å². The van der Waals surface area contributed by atoms with Gasteiger partial charge in [-0.05, 0) is 94.8 Å². The number of likely N-dealkylation sites (tertiary alicyclic amines) is 1. The Morgan fingerprint density at radius 3 is 2.10 bits per heavy atom. The number of carboxylic acid groups (broad SMARTS) is 1. The maximum atomic E-state index is 10.6. The molecule has 2 aliphatic rings. The quantitative estimate of drug-likeness (QED) is 0.488. The lowest BCUT2D eigenvalue weighted by Crippen LogP contribution is -2.37. The molecule has 0 spiro atoms. The third kappa shape index (κ3) is 13.4. The molecule has 1 radical (unpaired) electrons. The average molecular weight is 456 g/mol. The van der Waals surface area contributed by atoms with Gasteiger partial charge in [0.1, 0.15) is 5.75 Å². The van der Waals surface area contributed by atoms with Crippen molar-refractivity contribution in [3.8, 4) is 5.75 Å². The maximum absolute atomic E-state index is 10.6. The predicted octanol–water partition coefficient (Wildman–Crippen LogP) is 2.51. The lowest BCUT2D eigenvalue weighted by Gasteiger charge is -2.32. The van der Waals surface area contributed by atoms with Crippen molar-refractivity contribution in [3.63, 3.8) is 0 Å². The molecule has 8 nitrogen and oxygen atoms in total. The Morgan fingerprint density at radius 1 is 1.06 bits per heavy atom. The Morgan fingerprint density at radius 2 is 1.61 bits per heavy atom. The van der Waals surface area contributed by atoms with E-state index in [1.165, 1.54) is 63.7 Å². The Kier molecular flexibility index (Phi) is 12.7. The zero-order chi connectivity index (χ0) is 23.3. The van der Waals surface area contributed by atoms with Crippen LogP contribution in [0.4, 0.5) is 0 Å². The van der Waals surface area contributed by atoms with Crippen LogP contribution in [0.15, 0.2) is 24.3 Å². The molecule has 1 aliphatic carbocycles. The smallest absolute Gasteiger partial charge is 0.119 e. The van der Waals surface area contributed by atoms with Gasteiger partial charge in [-0.1, -0.05) is 19.8 Å². The number of rotatable bonds is 5. The van der Waals surface area contributed by atoms with Crippen molar-refractivity contribution in [1.82, 2.24) is 4.90 Å². The van der Waals surface area contributed by atoms with E-state index in [2.05, 4.69) is 18.7 Å². The fraction of sp³-hybridized carbons (Fsp3) is 0.636. The van der Waals surface area contributed by atoms with Crippen LogP contribution in [0.3, 0.4) is 0 Å². The van der Waals surface area contributed by atoms with Gasteiger partial charge in [0.15, 0.2) is 0 Å². The van der Waals surface area contributed by atoms with Crippen molar-refractivity contribution >= 4 is 16.4 Å². The Hall–Kier alpha value is -1.68. The van der Waals surface area contributed by atoms with E-state index in [1.807, 2.05) is 0 Å². The second-order valence-electron chi connectivity index (χ2n) is 7.83. The molecule has 1 unspecified atom stereocenters. The molecule has 2 fully saturated rings. The first-order valence-corrected chi connectivity index (χ1v) is 12.1. The zero-order valence-corrected chi connectivity index (χ0v) is 19.0. The van der Waals surface area contributed by atoms with Gasteiger partial charge in [0.2, 0.25) is 0 Å². The summed E-state index contributed by atoms with van der Waals surface area (Å²) in [5.74, 6) is -0.402. The monoisotopic (exact) mass is 455 g/mol. The van der Waals surface area contributed by atoms with E-state index in [0.29, 0.717) is 6.10 Å². The van der Waals surface area contributed by atoms with Crippen LogP contribution in [0, 0.1) is 6.92 Å². The number of ether oxygens (including phenoxy) is 1. The van der Waals surface area contributed by atoms with Crippen molar-refractivity contribution in [3.05, 3.63) is 36.8 Å². The van der Waals surface area contributed by atoms with E-state index >= 15 is 0 Å². The molecule has 0 bridgehead atoms. The summed E-state index contributed by atoms with van der Waals surface area (Å²) < 4.78 is 39.9. The Bertz CT molecular complexity index is 721. The minimum Gasteiger partial charge on any atom is -0.759 e. The molecule has 9 heteroatoms. The van der Waals surface area contributed by atoms with E-state index in [1.54, 1.807) is 12.1 Å². The van der Waals surface area contributed by atoms with E-state index in [0.717, 1.165) is 31.1 Å².